The van der Waals surface area contributed by atoms with E-state index in [1.165, 1.54) is 109 Å². The minimum atomic E-state index is -0.762. The van der Waals surface area contributed by atoms with Gasteiger partial charge in [-0.1, -0.05) is 161 Å². The van der Waals surface area contributed by atoms with Gasteiger partial charge >= 0.3 is 17.9 Å². The number of rotatable bonds is 36. The highest BCUT2D eigenvalue weighted by Gasteiger charge is 2.19. The number of hydrogen-bond acceptors (Lipinski definition) is 6. The van der Waals surface area contributed by atoms with Crippen LogP contribution in [-0.2, 0) is 28.6 Å². The Bertz CT molecular complexity index is 699. The van der Waals surface area contributed by atoms with Gasteiger partial charge in [-0.25, -0.2) is 0 Å². The highest BCUT2D eigenvalue weighted by atomic mass is 16.6. The van der Waals surface area contributed by atoms with Crippen molar-refractivity contribution in [1.29, 1.82) is 0 Å². The molecule has 6 nitrogen and oxygen atoms in total. The normalized spacial score (nSPS) is 11.4. The maximum atomic E-state index is 12.6. The van der Waals surface area contributed by atoms with Crippen LogP contribution in [-0.4, -0.2) is 37.2 Å². The van der Waals surface area contributed by atoms with E-state index >= 15 is 0 Å². The van der Waals surface area contributed by atoms with Gasteiger partial charge in [-0.2, -0.15) is 0 Å². The predicted octanol–water partition coefficient (Wildman–Crippen LogP) is 12.3. The van der Waals surface area contributed by atoms with Crippen molar-refractivity contribution in [3.8, 4) is 0 Å². The minimum absolute atomic E-state index is 0.0713. The lowest BCUT2D eigenvalue weighted by molar-refractivity contribution is -0.167. The monoisotopic (exact) mass is 665 g/mol. The highest BCUT2D eigenvalue weighted by molar-refractivity contribution is 5.71. The number of allylic oxidation sites excluding steroid dienone is 2. The van der Waals surface area contributed by atoms with Crippen LogP contribution in [0.15, 0.2) is 12.2 Å². The van der Waals surface area contributed by atoms with Crippen LogP contribution in [0.4, 0.5) is 0 Å². The summed E-state index contributed by atoms with van der Waals surface area (Å²) in [6, 6.07) is 0. The molecule has 0 aliphatic heterocycles. The lowest BCUT2D eigenvalue weighted by Gasteiger charge is -2.18. The minimum Gasteiger partial charge on any atom is -0.462 e. The Morgan fingerprint density at radius 1 is 0.404 bits per heavy atom. The van der Waals surface area contributed by atoms with Gasteiger partial charge in [-0.05, 0) is 44.9 Å². The van der Waals surface area contributed by atoms with Crippen LogP contribution in [0.25, 0.3) is 0 Å². The van der Waals surface area contributed by atoms with Crippen molar-refractivity contribution < 1.29 is 28.6 Å². The van der Waals surface area contributed by atoms with Crippen LogP contribution in [0.5, 0.6) is 0 Å². The zero-order chi connectivity index (χ0) is 34.5. The van der Waals surface area contributed by atoms with Crippen LogP contribution in [0, 0.1) is 0 Å². The molecule has 0 aromatic heterocycles. The number of carbonyl (C=O) groups is 3. The maximum absolute atomic E-state index is 12.6. The second-order valence-electron chi connectivity index (χ2n) is 13.6. The molecule has 0 saturated carbocycles. The van der Waals surface area contributed by atoms with Gasteiger partial charge in [-0.15, -0.1) is 0 Å². The molecule has 0 atom stereocenters. The Morgan fingerprint density at radius 2 is 0.702 bits per heavy atom. The summed E-state index contributed by atoms with van der Waals surface area (Å²) in [5.41, 5.74) is 0. The average Bonchev–Trinajstić information content (AvgIpc) is 3.06. The Hall–Kier alpha value is -1.85. The molecule has 0 aromatic carbocycles. The zero-order valence-corrected chi connectivity index (χ0v) is 31.3. The molecule has 0 aliphatic rings. The van der Waals surface area contributed by atoms with Crippen LogP contribution < -0.4 is 0 Å². The van der Waals surface area contributed by atoms with Crippen molar-refractivity contribution in [1.82, 2.24) is 0 Å². The largest absolute Gasteiger partial charge is 0.462 e. The first-order chi connectivity index (χ1) is 23.0. The summed E-state index contributed by atoms with van der Waals surface area (Å²) in [6.07, 6.45) is 36.4. The van der Waals surface area contributed by atoms with Crippen molar-refractivity contribution in [2.24, 2.45) is 0 Å². The van der Waals surface area contributed by atoms with Gasteiger partial charge in [0.25, 0.3) is 0 Å². The molecular formula is C41H76O6. The topological polar surface area (TPSA) is 78.9 Å². The molecule has 0 saturated heterocycles. The Morgan fingerprint density at radius 3 is 1.06 bits per heavy atom. The van der Waals surface area contributed by atoms with Crippen LogP contribution in [0.3, 0.4) is 0 Å². The smallest absolute Gasteiger partial charge is 0.306 e. The molecule has 0 N–H and O–H groups in total. The molecule has 0 bridgehead atoms. The molecule has 0 rings (SSSR count). The molecule has 0 heterocycles. The van der Waals surface area contributed by atoms with Gasteiger partial charge in [0.05, 0.1) is 0 Å². The van der Waals surface area contributed by atoms with Crippen molar-refractivity contribution in [3.05, 3.63) is 12.2 Å². The van der Waals surface area contributed by atoms with Gasteiger partial charge in [0.2, 0.25) is 0 Å². The van der Waals surface area contributed by atoms with E-state index in [1.807, 2.05) is 0 Å². The van der Waals surface area contributed by atoms with E-state index in [0.717, 1.165) is 64.2 Å². The SMILES string of the molecule is CCCCCCCC/C=C\CCCCCCCC(=O)OC(COC(=O)CCCCCCCCC)COC(=O)CCCCCCCCC. The second kappa shape index (κ2) is 37.0. The zero-order valence-electron chi connectivity index (χ0n) is 31.3. The third kappa shape index (κ3) is 35.3. The van der Waals surface area contributed by atoms with Crippen molar-refractivity contribution in [3.63, 3.8) is 0 Å². The van der Waals surface area contributed by atoms with Crippen LogP contribution >= 0.6 is 0 Å². The average molecular weight is 665 g/mol. The van der Waals surface area contributed by atoms with E-state index in [0.29, 0.717) is 19.3 Å². The molecule has 0 aliphatic carbocycles. The Labute approximate surface area is 290 Å². The molecular weight excluding hydrogens is 588 g/mol. The van der Waals surface area contributed by atoms with Crippen molar-refractivity contribution in [2.45, 2.75) is 219 Å². The van der Waals surface area contributed by atoms with Crippen LogP contribution in [0.1, 0.15) is 213 Å². The molecule has 0 radical (unpaired) electrons. The summed E-state index contributed by atoms with van der Waals surface area (Å²) >= 11 is 0. The number of hydrogen-bond donors (Lipinski definition) is 0. The van der Waals surface area contributed by atoms with E-state index < -0.39 is 6.10 Å². The number of carbonyl (C=O) groups excluding carboxylic acids is 3. The van der Waals surface area contributed by atoms with Gasteiger partial charge in [0.15, 0.2) is 6.10 Å². The first kappa shape index (κ1) is 45.2. The molecule has 0 unspecified atom stereocenters. The maximum Gasteiger partial charge on any atom is 0.306 e. The molecule has 0 spiro atoms. The predicted molar refractivity (Wildman–Crippen MR) is 196 cm³/mol. The summed E-state index contributed by atoms with van der Waals surface area (Å²) < 4.78 is 16.5. The van der Waals surface area contributed by atoms with Gasteiger partial charge < -0.3 is 14.2 Å². The van der Waals surface area contributed by atoms with E-state index in [1.54, 1.807) is 0 Å². The standard InChI is InChI=1S/C41H76O6/c1-4-7-10-13-16-17-18-19-20-21-22-23-26-29-32-35-41(44)47-38(36-45-39(42)33-30-27-24-14-11-8-5-2)37-46-40(43)34-31-28-25-15-12-9-6-3/h19-20,38H,4-18,21-37H2,1-3H3/b20-19-. The van der Waals surface area contributed by atoms with Gasteiger partial charge in [0, 0.05) is 19.3 Å². The summed E-state index contributed by atoms with van der Waals surface area (Å²) in [5.74, 6) is -0.892. The molecule has 0 aromatic rings. The summed E-state index contributed by atoms with van der Waals surface area (Å²) in [5, 5.41) is 0. The van der Waals surface area contributed by atoms with E-state index in [-0.39, 0.29) is 31.1 Å². The van der Waals surface area contributed by atoms with E-state index in [2.05, 4.69) is 32.9 Å². The van der Waals surface area contributed by atoms with Crippen LogP contribution in [0.2, 0.25) is 0 Å². The fourth-order valence-corrected chi connectivity index (χ4v) is 5.67. The number of ether oxygens (including phenoxy) is 3. The molecule has 6 heteroatoms. The number of unbranched alkanes of at least 4 members (excludes halogenated alkanes) is 23. The third-order valence-corrected chi connectivity index (χ3v) is 8.77. The van der Waals surface area contributed by atoms with Crippen molar-refractivity contribution >= 4 is 17.9 Å². The number of esters is 3. The first-order valence-electron chi connectivity index (χ1n) is 20.2. The summed E-state index contributed by atoms with van der Waals surface area (Å²) in [4.78, 5) is 37.3. The molecule has 0 amide bonds. The summed E-state index contributed by atoms with van der Waals surface area (Å²) in [6.45, 7) is 6.53. The van der Waals surface area contributed by atoms with Gasteiger partial charge in [0.1, 0.15) is 13.2 Å². The van der Waals surface area contributed by atoms with Gasteiger partial charge in [-0.3, -0.25) is 14.4 Å². The molecule has 276 valence electrons. The fraction of sp³-hybridized carbons (Fsp3) is 0.878. The second-order valence-corrected chi connectivity index (χ2v) is 13.6. The lowest BCUT2D eigenvalue weighted by Crippen LogP contribution is -2.30. The fourth-order valence-electron chi connectivity index (χ4n) is 5.67. The third-order valence-electron chi connectivity index (χ3n) is 8.77. The highest BCUT2D eigenvalue weighted by Crippen LogP contribution is 2.13. The molecule has 0 fully saturated rings. The Kier molecular flexibility index (Phi) is 35.5. The van der Waals surface area contributed by atoms with E-state index in [9.17, 15) is 14.4 Å². The van der Waals surface area contributed by atoms with Crippen molar-refractivity contribution in [2.75, 3.05) is 13.2 Å². The first-order valence-corrected chi connectivity index (χ1v) is 20.2. The van der Waals surface area contributed by atoms with E-state index in [4.69, 9.17) is 14.2 Å². The quantitative estimate of drug-likeness (QED) is 0.0287. The lowest BCUT2D eigenvalue weighted by atomic mass is 10.1. The summed E-state index contributed by atoms with van der Waals surface area (Å²) in [7, 11) is 0. The molecule has 47 heavy (non-hydrogen) atoms. The Balaban J connectivity index is 4.29.